The Labute approximate surface area is 115 Å². The molecule has 0 heterocycles. The molecule has 0 saturated heterocycles. The maximum absolute atomic E-state index is 11.5. The van der Waals surface area contributed by atoms with Crippen LogP contribution in [0.1, 0.15) is 40.0 Å². The van der Waals surface area contributed by atoms with Crippen molar-refractivity contribution in [2.45, 2.75) is 50.9 Å². The van der Waals surface area contributed by atoms with Gasteiger partial charge in [0.2, 0.25) is 0 Å². The van der Waals surface area contributed by atoms with Crippen molar-refractivity contribution in [3.05, 3.63) is 11.6 Å². The van der Waals surface area contributed by atoms with E-state index < -0.39 is 21.5 Å². The number of carbonyl (C=O) groups is 1. The molecule has 1 amide bonds. The highest BCUT2D eigenvalue weighted by Crippen LogP contribution is 2.22. The lowest BCUT2D eigenvalue weighted by atomic mass is 9.99. The Kier molecular flexibility index (Phi) is 5.01. The molecule has 0 bridgehead atoms. The predicted octanol–water partition coefficient (Wildman–Crippen LogP) is 2.03. The lowest BCUT2D eigenvalue weighted by molar-refractivity contribution is 0.0532. The minimum Gasteiger partial charge on any atom is -0.444 e. The van der Waals surface area contributed by atoms with Crippen LogP contribution >= 0.6 is 0 Å². The van der Waals surface area contributed by atoms with Crippen molar-refractivity contribution in [2.75, 3.05) is 12.8 Å². The third-order valence-corrected chi connectivity index (χ3v) is 4.56. The van der Waals surface area contributed by atoms with Gasteiger partial charge in [-0.2, -0.15) is 0 Å². The second-order valence-corrected chi connectivity index (χ2v) is 8.27. The summed E-state index contributed by atoms with van der Waals surface area (Å²) in [6, 6.07) is 0. The third kappa shape index (κ3) is 6.09. The van der Waals surface area contributed by atoms with Crippen LogP contribution in [0.5, 0.6) is 0 Å². The molecule has 0 fully saturated rings. The number of rotatable bonds is 3. The van der Waals surface area contributed by atoms with Crippen LogP contribution in [0, 0.1) is 0 Å². The van der Waals surface area contributed by atoms with Gasteiger partial charge >= 0.3 is 6.09 Å². The Morgan fingerprint density at radius 3 is 2.53 bits per heavy atom. The minimum absolute atomic E-state index is 0.280. The average Bonchev–Trinajstić information content (AvgIpc) is 2.23. The molecule has 0 radical (unpaired) electrons. The molecule has 1 atom stereocenters. The molecule has 1 rings (SSSR count). The number of ether oxygens (including phenoxy) is 1. The molecule has 5 nitrogen and oxygen atoms in total. The minimum atomic E-state index is -2.96. The van der Waals surface area contributed by atoms with Crippen LogP contribution in [0.15, 0.2) is 11.6 Å². The van der Waals surface area contributed by atoms with Crippen molar-refractivity contribution in [1.29, 1.82) is 0 Å². The molecule has 0 aromatic carbocycles. The van der Waals surface area contributed by atoms with Gasteiger partial charge in [-0.15, -0.1) is 0 Å². The Bertz CT molecular complexity index is 460. The van der Waals surface area contributed by atoms with Gasteiger partial charge in [-0.1, -0.05) is 11.6 Å². The molecule has 19 heavy (non-hydrogen) atoms. The smallest absolute Gasteiger partial charge is 0.407 e. The maximum atomic E-state index is 11.5. The van der Waals surface area contributed by atoms with Crippen LogP contribution in [0.3, 0.4) is 0 Å². The second-order valence-electron chi connectivity index (χ2n) is 5.94. The number of hydrogen-bond acceptors (Lipinski definition) is 4. The van der Waals surface area contributed by atoms with Gasteiger partial charge in [-0.25, -0.2) is 13.2 Å². The van der Waals surface area contributed by atoms with Crippen molar-refractivity contribution in [1.82, 2.24) is 5.32 Å². The fraction of sp³-hybridized carbons (Fsp3) is 0.769. The summed E-state index contributed by atoms with van der Waals surface area (Å²) in [5.74, 6) is 0. The van der Waals surface area contributed by atoms with E-state index in [0.717, 1.165) is 5.57 Å². The zero-order valence-corrected chi connectivity index (χ0v) is 12.8. The highest BCUT2D eigenvalue weighted by molar-refractivity contribution is 7.91. The highest BCUT2D eigenvalue weighted by atomic mass is 32.2. The first kappa shape index (κ1) is 16.0. The number of hydrogen-bond donors (Lipinski definition) is 1. The van der Waals surface area contributed by atoms with Crippen LogP contribution in [0.2, 0.25) is 0 Å². The van der Waals surface area contributed by atoms with Crippen LogP contribution < -0.4 is 5.32 Å². The van der Waals surface area contributed by atoms with Crippen molar-refractivity contribution in [3.63, 3.8) is 0 Å². The van der Waals surface area contributed by atoms with Crippen molar-refractivity contribution < 1.29 is 17.9 Å². The third-order valence-electron chi connectivity index (χ3n) is 2.92. The summed E-state index contributed by atoms with van der Waals surface area (Å²) in [5.41, 5.74) is 0.553. The van der Waals surface area contributed by atoms with Crippen LogP contribution in [0.25, 0.3) is 0 Å². The first-order valence-electron chi connectivity index (χ1n) is 6.41. The van der Waals surface area contributed by atoms with E-state index in [0.29, 0.717) is 25.8 Å². The zero-order valence-electron chi connectivity index (χ0n) is 12.0. The number of sulfone groups is 1. The van der Waals surface area contributed by atoms with Gasteiger partial charge in [0.25, 0.3) is 0 Å². The molecule has 0 spiro atoms. The monoisotopic (exact) mass is 289 g/mol. The average molecular weight is 289 g/mol. The molecule has 6 heteroatoms. The van der Waals surface area contributed by atoms with Crippen LogP contribution in [0.4, 0.5) is 4.79 Å². The number of alkyl carbamates (subject to hydrolysis) is 1. The zero-order chi connectivity index (χ0) is 14.7. The molecular weight excluding hydrogens is 266 g/mol. The fourth-order valence-corrected chi connectivity index (χ4v) is 2.91. The Hall–Kier alpha value is -1.04. The summed E-state index contributed by atoms with van der Waals surface area (Å²) in [6.45, 7) is 5.85. The molecule has 0 aliphatic heterocycles. The van der Waals surface area contributed by atoms with Crippen molar-refractivity contribution in [2.24, 2.45) is 0 Å². The van der Waals surface area contributed by atoms with Gasteiger partial charge in [-0.3, -0.25) is 0 Å². The molecule has 0 aromatic heterocycles. The second kappa shape index (κ2) is 5.94. The Balaban J connectivity index is 2.41. The number of amides is 1. The van der Waals surface area contributed by atoms with E-state index in [9.17, 15) is 13.2 Å². The lowest BCUT2D eigenvalue weighted by Crippen LogP contribution is -2.34. The quantitative estimate of drug-likeness (QED) is 0.807. The summed E-state index contributed by atoms with van der Waals surface area (Å²) in [4.78, 5) is 11.5. The molecular formula is C13H23NO4S. The standard InChI is InChI=1S/C13H23NO4S/c1-13(2,3)18-12(15)14-9-10-5-7-11(8-6-10)19(4,16)17/h5,11H,6-9H2,1-4H3,(H,14,15). The first-order chi connectivity index (χ1) is 8.58. The summed E-state index contributed by atoms with van der Waals surface area (Å²) >= 11 is 0. The molecule has 0 aromatic rings. The van der Waals surface area contributed by atoms with Gasteiger partial charge in [0, 0.05) is 12.8 Å². The summed E-state index contributed by atoms with van der Waals surface area (Å²) in [5, 5.41) is 2.40. The molecule has 1 N–H and O–H groups in total. The van der Waals surface area contributed by atoms with Gasteiger partial charge in [0.15, 0.2) is 9.84 Å². The van der Waals surface area contributed by atoms with Gasteiger partial charge in [0.05, 0.1) is 5.25 Å². The highest BCUT2D eigenvalue weighted by Gasteiger charge is 2.23. The summed E-state index contributed by atoms with van der Waals surface area (Å²) < 4.78 is 27.9. The largest absolute Gasteiger partial charge is 0.444 e. The van der Waals surface area contributed by atoms with Crippen LogP contribution in [-0.2, 0) is 14.6 Å². The Morgan fingerprint density at radius 1 is 1.47 bits per heavy atom. The molecule has 1 aliphatic carbocycles. The van der Waals surface area contributed by atoms with Crippen molar-refractivity contribution in [3.8, 4) is 0 Å². The number of carbonyl (C=O) groups excluding carboxylic acids is 1. The van der Waals surface area contributed by atoms with E-state index in [1.54, 1.807) is 0 Å². The van der Waals surface area contributed by atoms with E-state index in [-0.39, 0.29) is 5.25 Å². The topological polar surface area (TPSA) is 72.5 Å². The molecule has 0 saturated carbocycles. The first-order valence-corrected chi connectivity index (χ1v) is 8.37. The van der Waals surface area contributed by atoms with Gasteiger partial charge in [-0.05, 0) is 40.0 Å². The van der Waals surface area contributed by atoms with E-state index in [2.05, 4.69) is 5.32 Å². The normalized spacial score (nSPS) is 20.6. The van der Waals surface area contributed by atoms with E-state index in [1.807, 2.05) is 26.8 Å². The number of nitrogens with one attached hydrogen (secondary N) is 1. The Morgan fingerprint density at radius 2 is 2.11 bits per heavy atom. The molecule has 1 unspecified atom stereocenters. The number of allylic oxidation sites excluding steroid dienone is 1. The van der Waals surface area contributed by atoms with E-state index >= 15 is 0 Å². The van der Waals surface area contributed by atoms with Gasteiger partial charge < -0.3 is 10.1 Å². The SMILES string of the molecule is CC(C)(C)OC(=O)NCC1=CCC(S(C)(=O)=O)CC1. The van der Waals surface area contributed by atoms with E-state index in [4.69, 9.17) is 4.74 Å². The maximum Gasteiger partial charge on any atom is 0.407 e. The van der Waals surface area contributed by atoms with Gasteiger partial charge in [0.1, 0.15) is 5.60 Å². The fourth-order valence-electron chi connectivity index (χ4n) is 1.91. The molecule has 110 valence electrons. The predicted molar refractivity (Wildman–Crippen MR) is 74.8 cm³/mol. The summed E-state index contributed by atoms with van der Waals surface area (Å²) in [6.07, 6.45) is 4.60. The van der Waals surface area contributed by atoms with Crippen LogP contribution in [-0.4, -0.2) is 38.2 Å². The van der Waals surface area contributed by atoms with Crippen molar-refractivity contribution >= 4 is 15.9 Å². The lowest BCUT2D eigenvalue weighted by Gasteiger charge is -2.22. The van der Waals surface area contributed by atoms with E-state index in [1.165, 1.54) is 6.26 Å². The summed E-state index contributed by atoms with van der Waals surface area (Å²) in [7, 11) is -2.96. The molecule has 1 aliphatic rings.